The molecule has 0 amide bonds. The highest BCUT2D eigenvalue weighted by atomic mass is 16.5. The first-order valence-corrected chi connectivity index (χ1v) is 4.73. The van der Waals surface area contributed by atoms with Gasteiger partial charge in [0.1, 0.15) is 0 Å². The van der Waals surface area contributed by atoms with Crippen LogP contribution in [0.4, 0.5) is 0 Å². The number of fused-ring (bicyclic) bond motifs is 1. The Bertz CT molecular complexity index is 478. The Labute approximate surface area is 86.7 Å². The zero-order chi connectivity index (χ0) is 10.7. The van der Waals surface area contributed by atoms with E-state index in [1.807, 2.05) is 0 Å². The van der Waals surface area contributed by atoms with Crippen molar-refractivity contribution in [2.45, 2.75) is 13.3 Å². The van der Waals surface area contributed by atoms with Crippen molar-refractivity contribution in [1.82, 2.24) is 14.6 Å². The van der Waals surface area contributed by atoms with Crippen molar-refractivity contribution in [3.63, 3.8) is 0 Å². The van der Waals surface area contributed by atoms with Gasteiger partial charge in [0.15, 0.2) is 5.65 Å². The summed E-state index contributed by atoms with van der Waals surface area (Å²) in [6.45, 7) is 2.18. The maximum Gasteiger partial charge on any atom is 0.310 e. The predicted octanol–water partition coefficient (Wildman–Crippen LogP) is 0.835. The monoisotopic (exact) mass is 205 g/mol. The van der Waals surface area contributed by atoms with Crippen LogP contribution in [0.15, 0.2) is 24.7 Å². The lowest BCUT2D eigenvalue weighted by atomic mass is 10.2. The molecule has 0 atom stereocenters. The van der Waals surface area contributed by atoms with E-state index in [1.54, 1.807) is 36.1 Å². The van der Waals surface area contributed by atoms with E-state index in [-0.39, 0.29) is 12.4 Å². The molecule has 0 aliphatic carbocycles. The zero-order valence-electron chi connectivity index (χ0n) is 8.38. The quantitative estimate of drug-likeness (QED) is 0.696. The van der Waals surface area contributed by atoms with Gasteiger partial charge >= 0.3 is 5.97 Å². The largest absolute Gasteiger partial charge is 0.466 e. The summed E-state index contributed by atoms with van der Waals surface area (Å²) >= 11 is 0. The van der Waals surface area contributed by atoms with Crippen molar-refractivity contribution in [3.05, 3.63) is 30.2 Å². The Morgan fingerprint density at radius 3 is 3.27 bits per heavy atom. The molecular weight excluding hydrogens is 194 g/mol. The second-order valence-corrected chi connectivity index (χ2v) is 3.08. The van der Waals surface area contributed by atoms with Crippen LogP contribution in [0.1, 0.15) is 12.5 Å². The molecule has 2 aromatic heterocycles. The molecule has 2 heterocycles. The fourth-order valence-corrected chi connectivity index (χ4v) is 1.32. The minimum Gasteiger partial charge on any atom is -0.466 e. The first-order valence-electron chi connectivity index (χ1n) is 4.73. The molecule has 0 unspecified atom stereocenters. The fraction of sp³-hybridized carbons (Fsp3) is 0.300. The lowest BCUT2D eigenvalue weighted by molar-refractivity contribution is -0.142. The van der Waals surface area contributed by atoms with Crippen molar-refractivity contribution in [2.75, 3.05) is 6.61 Å². The van der Waals surface area contributed by atoms with E-state index in [0.717, 1.165) is 11.2 Å². The van der Waals surface area contributed by atoms with Crippen molar-refractivity contribution >= 4 is 11.6 Å². The number of carbonyl (C=O) groups excluding carboxylic acids is 1. The molecule has 0 bridgehead atoms. The standard InChI is InChI=1S/C10H11N3O2/c1-2-15-10(14)5-8-6-11-9-3-4-12-13(9)7-8/h3-4,6-7H,2,5H2,1H3. The van der Waals surface area contributed by atoms with E-state index in [4.69, 9.17) is 4.74 Å². The number of ether oxygens (including phenoxy) is 1. The average Bonchev–Trinajstić information content (AvgIpc) is 2.65. The summed E-state index contributed by atoms with van der Waals surface area (Å²) in [5.74, 6) is -0.245. The second-order valence-electron chi connectivity index (χ2n) is 3.08. The molecule has 78 valence electrons. The highest BCUT2D eigenvalue weighted by Crippen LogP contribution is 2.03. The number of hydrogen-bond donors (Lipinski definition) is 0. The summed E-state index contributed by atoms with van der Waals surface area (Å²) in [6.07, 6.45) is 5.33. The van der Waals surface area contributed by atoms with Gasteiger partial charge in [-0.2, -0.15) is 5.10 Å². The molecule has 0 aliphatic heterocycles. The lowest BCUT2D eigenvalue weighted by Crippen LogP contribution is -2.08. The molecule has 2 aromatic rings. The number of rotatable bonds is 3. The third-order valence-corrected chi connectivity index (χ3v) is 1.95. The molecule has 0 aromatic carbocycles. The molecule has 5 nitrogen and oxygen atoms in total. The highest BCUT2D eigenvalue weighted by Gasteiger charge is 2.05. The number of esters is 1. The minimum atomic E-state index is -0.245. The van der Waals surface area contributed by atoms with E-state index >= 15 is 0 Å². The maximum atomic E-state index is 11.2. The molecule has 0 radical (unpaired) electrons. The number of hydrogen-bond acceptors (Lipinski definition) is 4. The van der Waals surface area contributed by atoms with Crippen molar-refractivity contribution in [2.24, 2.45) is 0 Å². The van der Waals surface area contributed by atoms with E-state index in [9.17, 15) is 4.79 Å². The highest BCUT2D eigenvalue weighted by molar-refractivity contribution is 5.72. The minimum absolute atomic E-state index is 0.233. The molecule has 0 spiro atoms. The van der Waals surface area contributed by atoms with Gasteiger partial charge in [0.05, 0.1) is 19.2 Å². The number of aromatic nitrogens is 3. The maximum absolute atomic E-state index is 11.2. The van der Waals surface area contributed by atoms with Crippen LogP contribution in [-0.2, 0) is 16.0 Å². The van der Waals surface area contributed by atoms with Crippen LogP contribution >= 0.6 is 0 Å². The van der Waals surface area contributed by atoms with Gasteiger partial charge in [-0.3, -0.25) is 4.79 Å². The Morgan fingerprint density at radius 2 is 2.47 bits per heavy atom. The molecule has 0 aliphatic rings. The van der Waals surface area contributed by atoms with Gasteiger partial charge < -0.3 is 4.74 Å². The first-order chi connectivity index (χ1) is 7.29. The summed E-state index contributed by atoms with van der Waals surface area (Å²) in [4.78, 5) is 15.4. The molecule has 0 saturated heterocycles. The van der Waals surface area contributed by atoms with Crippen LogP contribution in [0.5, 0.6) is 0 Å². The molecule has 0 N–H and O–H groups in total. The smallest absolute Gasteiger partial charge is 0.310 e. The van der Waals surface area contributed by atoms with Gasteiger partial charge in [-0.15, -0.1) is 0 Å². The number of nitrogens with zero attached hydrogens (tertiary/aromatic N) is 3. The van der Waals surface area contributed by atoms with Crippen molar-refractivity contribution < 1.29 is 9.53 Å². The molecule has 0 saturated carbocycles. The van der Waals surface area contributed by atoms with E-state index in [2.05, 4.69) is 10.1 Å². The topological polar surface area (TPSA) is 56.5 Å². The Kier molecular flexibility index (Phi) is 2.62. The molecule has 0 fully saturated rings. The summed E-state index contributed by atoms with van der Waals surface area (Å²) in [5.41, 5.74) is 1.56. The van der Waals surface area contributed by atoms with E-state index in [1.165, 1.54) is 0 Å². The average molecular weight is 205 g/mol. The third kappa shape index (κ3) is 2.12. The fourth-order valence-electron chi connectivity index (χ4n) is 1.32. The summed E-state index contributed by atoms with van der Waals surface area (Å²) < 4.78 is 6.48. The van der Waals surface area contributed by atoms with Gasteiger partial charge in [0, 0.05) is 18.5 Å². The van der Waals surface area contributed by atoms with Crippen molar-refractivity contribution in [1.29, 1.82) is 0 Å². The molecular formula is C10H11N3O2. The van der Waals surface area contributed by atoms with Gasteiger partial charge in [-0.1, -0.05) is 0 Å². The van der Waals surface area contributed by atoms with Gasteiger partial charge in [-0.05, 0) is 12.5 Å². The van der Waals surface area contributed by atoms with Gasteiger partial charge in [0.2, 0.25) is 0 Å². The lowest BCUT2D eigenvalue weighted by Gasteiger charge is -2.01. The molecule has 15 heavy (non-hydrogen) atoms. The van der Waals surface area contributed by atoms with Crippen LogP contribution in [0.3, 0.4) is 0 Å². The Balaban J connectivity index is 2.17. The Morgan fingerprint density at radius 1 is 1.60 bits per heavy atom. The van der Waals surface area contributed by atoms with E-state index < -0.39 is 0 Å². The SMILES string of the molecule is CCOC(=O)Cc1cnc2ccnn2c1. The predicted molar refractivity (Wildman–Crippen MR) is 53.3 cm³/mol. The van der Waals surface area contributed by atoms with Crippen molar-refractivity contribution in [3.8, 4) is 0 Å². The van der Waals surface area contributed by atoms with Crippen LogP contribution < -0.4 is 0 Å². The zero-order valence-corrected chi connectivity index (χ0v) is 8.38. The Hall–Kier alpha value is -1.91. The summed E-state index contributed by atoms with van der Waals surface area (Å²) in [6, 6.07) is 1.80. The van der Waals surface area contributed by atoms with Crippen LogP contribution in [0, 0.1) is 0 Å². The first kappa shape index (κ1) is 9.64. The molecule has 2 rings (SSSR count). The van der Waals surface area contributed by atoms with Crippen LogP contribution in [0.25, 0.3) is 5.65 Å². The third-order valence-electron chi connectivity index (χ3n) is 1.95. The molecule has 5 heteroatoms. The van der Waals surface area contributed by atoms with Crippen LogP contribution in [-0.4, -0.2) is 27.2 Å². The number of carbonyl (C=O) groups is 1. The van der Waals surface area contributed by atoms with Gasteiger partial charge in [0.25, 0.3) is 0 Å². The van der Waals surface area contributed by atoms with Gasteiger partial charge in [-0.25, -0.2) is 9.50 Å². The van der Waals surface area contributed by atoms with Crippen LogP contribution in [0.2, 0.25) is 0 Å². The summed E-state index contributed by atoms with van der Waals surface area (Å²) in [7, 11) is 0. The van der Waals surface area contributed by atoms with E-state index in [0.29, 0.717) is 6.61 Å². The second kappa shape index (κ2) is 4.08. The normalized spacial score (nSPS) is 10.5. The summed E-state index contributed by atoms with van der Waals surface area (Å²) in [5, 5.41) is 4.03.